The maximum Gasteiger partial charge on any atom is 0.138 e. The molecule has 5 nitrogen and oxygen atoms in total. The van der Waals surface area contributed by atoms with Crippen molar-refractivity contribution >= 4 is 0 Å². The van der Waals surface area contributed by atoms with Gasteiger partial charge in [-0.2, -0.15) is 0 Å². The first kappa shape index (κ1) is 16.2. The maximum atomic E-state index is 5.48. The lowest BCUT2D eigenvalue weighted by Gasteiger charge is -2.15. The molecule has 0 aliphatic heterocycles. The molecule has 1 N–H and O–H groups in total. The minimum Gasteiger partial charge on any atom is -0.494 e. The minimum atomic E-state index is 0.255. The van der Waals surface area contributed by atoms with E-state index in [1.807, 2.05) is 42.1 Å². The van der Waals surface area contributed by atoms with Crippen LogP contribution in [0.5, 0.6) is 5.75 Å². The highest BCUT2D eigenvalue weighted by Gasteiger charge is 2.06. The lowest BCUT2D eigenvalue weighted by molar-refractivity contribution is 0.340. The first-order valence-electron chi connectivity index (χ1n) is 8.15. The summed E-state index contributed by atoms with van der Waals surface area (Å²) in [6, 6.07) is 12.6. The Labute approximate surface area is 142 Å². The van der Waals surface area contributed by atoms with E-state index in [0.717, 1.165) is 18.1 Å². The lowest BCUT2D eigenvalue weighted by atomic mass is 10.1. The summed E-state index contributed by atoms with van der Waals surface area (Å²) in [5, 5.41) is 3.55. The predicted octanol–water partition coefficient (Wildman–Crippen LogP) is 3.52. The van der Waals surface area contributed by atoms with Crippen molar-refractivity contribution in [3.63, 3.8) is 0 Å². The van der Waals surface area contributed by atoms with E-state index in [4.69, 9.17) is 4.74 Å². The Morgan fingerprint density at radius 3 is 2.71 bits per heavy atom. The van der Waals surface area contributed by atoms with Gasteiger partial charge in [0, 0.05) is 31.2 Å². The van der Waals surface area contributed by atoms with Crippen LogP contribution in [0.2, 0.25) is 0 Å². The molecule has 124 valence electrons. The largest absolute Gasteiger partial charge is 0.494 e. The zero-order valence-electron chi connectivity index (χ0n) is 14.0. The van der Waals surface area contributed by atoms with Gasteiger partial charge in [0.1, 0.15) is 17.9 Å². The first-order chi connectivity index (χ1) is 11.8. The number of benzene rings is 1. The molecule has 1 aromatic carbocycles. The monoisotopic (exact) mass is 322 g/mol. The van der Waals surface area contributed by atoms with Gasteiger partial charge in [-0.25, -0.2) is 9.97 Å². The third-order valence-corrected chi connectivity index (χ3v) is 3.88. The van der Waals surface area contributed by atoms with Gasteiger partial charge in [0.05, 0.1) is 6.61 Å². The molecule has 0 saturated carbocycles. The molecular formula is C19H22N4O. The zero-order chi connectivity index (χ0) is 16.8. The van der Waals surface area contributed by atoms with Gasteiger partial charge in [0.25, 0.3) is 0 Å². The fourth-order valence-electron chi connectivity index (χ4n) is 2.51. The molecule has 5 heteroatoms. The van der Waals surface area contributed by atoms with Crippen LogP contribution in [0.3, 0.4) is 0 Å². The topological polar surface area (TPSA) is 52.0 Å². The van der Waals surface area contributed by atoms with E-state index >= 15 is 0 Å². The molecule has 0 aliphatic rings. The van der Waals surface area contributed by atoms with Crippen LogP contribution in [0, 0.1) is 0 Å². The van der Waals surface area contributed by atoms with Crippen molar-refractivity contribution in [2.75, 3.05) is 6.61 Å². The van der Waals surface area contributed by atoms with Gasteiger partial charge in [-0.15, -0.1) is 0 Å². The van der Waals surface area contributed by atoms with Gasteiger partial charge in [0.15, 0.2) is 0 Å². The van der Waals surface area contributed by atoms with Gasteiger partial charge in [-0.1, -0.05) is 12.1 Å². The second kappa shape index (κ2) is 7.75. The van der Waals surface area contributed by atoms with Crippen LogP contribution in [0.4, 0.5) is 0 Å². The van der Waals surface area contributed by atoms with Crippen molar-refractivity contribution in [2.24, 2.45) is 0 Å². The SMILES string of the molecule is CCOc1ccc([C@H](C)NCc2ccnc(-n3ccnc3)c2)cc1. The van der Waals surface area contributed by atoms with Gasteiger partial charge >= 0.3 is 0 Å². The first-order valence-corrected chi connectivity index (χ1v) is 8.15. The van der Waals surface area contributed by atoms with Gasteiger partial charge in [-0.3, -0.25) is 4.57 Å². The molecular weight excluding hydrogens is 300 g/mol. The third kappa shape index (κ3) is 4.00. The number of ether oxygens (including phenoxy) is 1. The van der Waals surface area contributed by atoms with Crippen LogP contribution >= 0.6 is 0 Å². The number of nitrogens with one attached hydrogen (secondary N) is 1. The Balaban J connectivity index is 1.61. The van der Waals surface area contributed by atoms with E-state index in [0.29, 0.717) is 6.61 Å². The molecule has 0 saturated heterocycles. The predicted molar refractivity (Wildman–Crippen MR) is 94.2 cm³/mol. The van der Waals surface area contributed by atoms with Crippen LogP contribution in [0.15, 0.2) is 61.3 Å². The molecule has 2 aromatic heterocycles. The molecule has 1 atom stereocenters. The van der Waals surface area contributed by atoms with Gasteiger partial charge in [0.2, 0.25) is 0 Å². The Bertz CT molecular complexity index is 753. The fourth-order valence-corrected chi connectivity index (χ4v) is 2.51. The zero-order valence-corrected chi connectivity index (χ0v) is 14.0. The van der Waals surface area contributed by atoms with E-state index in [9.17, 15) is 0 Å². The fraction of sp³-hybridized carbons (Fsp3) is 0.263. The standard InChI is InChI=1S/C19H22N4O/c1-3-24-18-6-4-17(5-7-18)15(2)22-13-16-8-9-21-19(12-16)23-11-10-20-14-23/h4-12,14-15,22H,3,13H2,1-2H3/t15-/m0/s1. The summed E-state index contributed by atoms with van der Waals surface area (Å²) in [7, 11) is 0. The number of pyridine rings is 1. The quantitative estimate of drug-likeness (QED) is 0.723. The number of nitrogens with zero attached hydrogens (tertiary/aromatic N) is 3. The Morgan fingerprint density at radius 1 is 1.17 bits per heavy atom. The van der Waals surface area contributed by atoms with Crippen molar-refractivity contribution in [3.05, 3.63) is 72.4 Å². The summed E-state index contributed by atoms with van der Waals surface area (Å²) < 4.78 is 7.39. The molecule has 0 radical (unpaired) electrons. The van der Waals surface area contributed by atoms with Gasteiger partial charge < -0.3 is 10.1 Å². The summed E-state index contributed by atoms with van der Waals surface area (Å²) in [5.41, 5.74) is 2.42. The van der Waals surface area contributed by atoms with Crippen molar-refractivity contribution in [1.82, 2.24) is 19.9 Å². The Morgan fingerprint density at radius 2 is 2.00 bits per heavy atom. The third-order valence-electron chi connectivity index (χ3n) is 3.88. The highest BCUT2D eigenvalue weighted by atomic mass is 16.5. The highest BCUT2D eigenvalue weighted by molar-refractivity contribution is 5.30. The molecule has 0 aliphatic carbocycles. The van der Waals surface area contributed by atoms with Gasteiger partial charge in [-0.05, 0) is 49.2 Å². The maximum absolute atomic E-state index is 5.48. The van der Waals surface area contributed by atoms with Crippen LogP contribution in [-0.4, -0.2) is 21.1 Å². The van der Waals surface area contributed by atoms with Crippen molar-refractivity contribution in [3.8, 4) is 11.6 Å². The molecule has 24 heavy (non-hydrogen) atoms. The van der Waals surface area contributed by atoms with Crippen LogP contribution in [0.25, 0.3) is 5.82 Å². The molecule has 0 amide bonds. The molecule has 2 heterocycles. The van der Waals surface area contributed by atoms with Crippen molar-refractivity contribution in [2.45, 2.75) is 26.4 Å². The Kier molecular flexibility index (Phi) is 5.23. The van der Waals surface area contributed by atoms with E-state index in [2.05, 4.69) is 40.4 Å². The summed E-state index contributed by atoms with van der Waals surface area (Å²) in [4.78, 5) is 8.44. The second-order valence-corrected chi connectivity index (χ2v) is 5.60. The average molecular weight is 322 g/mol. The van der Waals surface area contributed by atoms with Crippen LogP contribution < -0.4 is 10.1 Å². The van der Waals surface area contributed by atoms with E-state index < -0.39 is 0 Å². The van der Waals surface area contributed by atoms with E-state index in [1.165, 1.54) is 11.1 Å². The second-order valence-electron chi connectivity index (χ2n) is 5.60. The number of imidazole rings is 1. The minimum absolute atomic E-state index is 0.255. The smallest absolute Gasteiger partial charge is 0.138 e. The summed E-state index contributed by atoms with van der Waals surface area (Å²) >= 11 is 0. The van der Waals surface area contributed by atoms with E-state index in [1.54, 1.807) is 12.5 Å². The average Bonchev–Trinajstić information content (AvgIpc) is 3.16. The molecule has 3 rings (SSSR count). The number of hydrogen-bond acceptors (Lipinski definition) is 4. The summed E-state index contributed by atoms with van der Waals surface area (Å²) in [6.07, 6.45) is 7.22. The summed E-state index contributed by atoms with van der Waals surface area (Å²) in [5.74, 6) is 1.79. The Hall–Kier alpha value is -2.66. The highest BCUT2D eigenvalue weighted by Crippen LogP contribution is 2.18. The summed E-state index contributed by atoms with van der Waals surface area (Å²) in [6.45, 7) is 5.62. The molecule has 0 unspecified atom stereocenters. The van der Waals surface area contributed by atoms with Crippen molar-refractivity contribution < 1.29 is 4.74 Å². The van der Waals surface area contributed by atoms with Crippen LogP contribution in [0.1, 0.15) is 31.0 Å². The normalized spacial score (nSPS) is 12.1. The number of hydrogen-bond donors (Lipinski definition) is 1. The lowest BCUT2D eigenvalue weighted by Crippen LogP contribution is -2.18. The molecule has 0 bridgehead atoms. The molecule has 3 aromatic rings. The molecule has 0 spiro atoms. The van der Waals surface area contributed by atoms with E-state index in [-0.39, 0.29) is 6.04 Å². The number of rotatable bonds is 7. The number of aromatic nitrogens is 3. The molecule has 0 fully saturated rings. The van der Waals surface area contributed by atoms with Crippen LogP contribution in [-0.2, 0) is 6.54 Å². The van der Waals surface area contributed by atoms with Crippen molar-refractivity contribution in [1.29, 1.82) is 0 Å².